The number of nitrogens with one attached hydrogen (secondary N) is 1. The molecule has 1 aromatic rings. The van der Waals surface area contributed by atoms with Crippen LogP contribution in [-0.2, 0) is 4.79 Å². The smallest absolute Gasteiger partial charge is 0.255 e. The highest BCUT2D eigenvalue weighted by molar-refractivity contribution is 6.30. The third-order valence-electron chi connectivity index (χ3n) is 3.39. The molecule has 1 heterocycles. The molecule has 20 heavy (non-hydrogen) atoms. The molecule has 0 bridgehead atoms. The van der Waals surface area contributed by atoms with Gasteiger partial charge in [-0.05, 0) is 23.6 Å². The second-order valence-corrected chi connectivity index (χ2v) is 5.66. The number of carbonyl (C=O) groups is 1. The van der Waals surface area contributed by atoms with E-state index in [9.17, 15) is 13.6 Å². The molecule has 0 aromatic heterocycles. The third kappa shape index (κ3) is 3.10. The van der Waals surface area contributed by atoms with E-state index >= 15 is 0 Å². The van der Waals surface area contributed by atoms with Crippen molar-refractivity contribution < 1.29 is 13.6 Å². The number of halogens is 3. The van der Waals surface area contributed by atoms with Crippen molar-refractivity contribution in [3.63, 3.8) is 0 Å². The Kier molecular flexibility index (Phi) is 4.60. The largest absolute Gasteiger partial charge is 0.316 e. The number of benzene rings is 1. The van der Waals surface area contributed by atoms with Gasteiger partial charge in [0.1, 0.15) is 6.17 Å². The first kappa shape index (κ1) is 15.2. The van der Waals surface area contributed by atoms with Gasteiger partial charge in [0.25, 0.3) is 6.43 Å². The van der Waals surface area contributed by atoms with Crippen molar-refractivity contribution in [2.45, 2.75) is 32.5 Å². The van der Waals surface area contributed by atoms with Gasteiger partial charge in [0.2, 0.25) is 5.91 Å². The zero-order valence-electron chi connectivity index (χ0n) is 11.3. The van der Waals surface area contributed by atoms with Crippen LogP contribution in [0.5, 0.6) is 0 Å². The third-order valence-corrected chi connectivity index (χ3v) is 3.64. The number of hydrogen-bond donors (Lipinski definition) is 1. The van der Waals surface area contributed by atoms with Crippen LogP contribution < -0.4 is 5.32 Å². The van der Waals surface area contributed by atoms with Gasteiger partial charge in [0.15, 0.2) is 0 Å². The minimum Gasteiger partial charge on any atom is -0.316 e. The highest BCUT2D eigenvalue weighted by Crippen LogP contribution is 2.29. The van der Waals surface area contributed by atoms with Crippen LogP contribution in [0.4, 0.5) is 8.78 Å². The minimum atomic E-state index is -2.55. The van der Waals surface area contributed by atoms with Crippen LogP contribution in [0, 0.1) is 5.92 Å². The number of nitrogens with zero attached hydrogens (tertiary/aromatic N) is 1. The Labute approximate surface area is 121 Å². The van der Waals surface area contributed by atoms with Crippen LogP contribution >= 0.6 is 11.6 Å². The molecular formula is C14H17ClF2N2O. The molecule has 2 unspecified atom stereocenters. The fourth-order valence-electron chi connectivity index (χ4n) is 2.38. The van der Waals surface area contributed by atoms with E-state index in [1.165, 1.54) is 4.90 Å². The van der Waals surface area contributed by atoms with E-state index in [-0.39, 0.29) is 11.8 Å². The van der Waals surface area contributed by atoms with Crippen molar-refractivity contribution in [1.29, 1.82) is 0 Å². The second kappa shape index (κ2) is 6.06. The summed E-state index contributed by atoms with van der Waals surface area (Å²) in [4.78, 5) is 13.4. The molecule has 110 valence electrons. The van der Waals surface area contributed by atoms with Gasteiger partial charge in [-0.1, -0.05) is 37.6 Å². The SMILES string of the molecule is CC(C)C1NC(c2ccc(Cl)cc2)N(CC(F)F)C1=O. The summed E-state index contributed by atoms with van der Waals surface area (Å²) in [5, 5.41) is 3.70. The highest BCUT2D eigenvalue weighted by Gasteiger charge is 2.41. The first-order valence-electron chi connectivity index (χ1n) is 6.50. The monoisotopic (exact) mass is 302 g/mol. The Morgan fingerprint density at radius 3 is 2.40 bits per heavy atom. The average Bonchev–Trinajstić information content (AvgIpc) is 2.68. The quantitative estimate of drug-likeness (QED) is 0.927. The maximum absolute atomic E-state index is 12.7. The number of hydrogen-bond acceptors (Lipinski definition) is 2. The lowest BCUT2D eigenvalue weighted by molar-refractivity contribution is -0.132. The van der Waals surface area contributed by atoms with E-state index < -0.39 is 25.2 Å². The Morgan fingerprint density at radius 1 is 1.30 bits per heavy atom. The van der Waals surface area contributed by atoms with E-state index in [1.807, 2.05) is 13.8 Å². The van der Waals surface area contributed by atoms with Gasteiger partial charge in [-0.25, -0.2) is 8.78 Å². The van der Waals surface area contributed by atoms with Gasteiger partial charge in [-0.15, -0.1) is 0 Å². The van der Waals surface area contributed by atoms with Crippen LogP contribution in [0.1, 0.15) is 25.6 Å². The van der Waals surface area contributed by atoms with Gasteiger partial charge in [0, 0.05) is 5.02 Å². The molecule has 0 spiro atoms. The Bertz CT molecular complexity index is 479. The maximum Gasteiger partial charge on any atom is 0.255 e. The van der Waals surface area contributed by atoms with Crippen molar-refractivity contribution in [2.75, 3.05) is 6.54 Å². The molecule has 6 heteroatoms. The summed E-state index contributed by atoms with van der Waals surface area (Å²) >= 11 is 5.83. The molecular weight excluding hydrogens is 286 g/mol. The first-order chi connectivity index (χ1) is 9.40. The number of amides is 1. The molecule has 1 aliphatic rings. The van der Waals surface area contributed by atoms with Crippen molar-refractivity contribution in [3.8, 4) is 0 Å². The second-order valence-electron chi connectivity index (χ2n) is 5.22. The first-order valence-corrected chi connectivity index (χ1v) is 6.88. The van der Waals surface area contributed by atoms with Gasteiger partial charge in [0.05, 0.1) is 12.6 Å². The zero-order chi connectivity index (χ0) is 14.9. The number of carbonyl (C=O) groups excluding carboxylic acids is 1. The summed E-state index contributed by atoms with van der Waals surface area (Å²) in [5.74, 6) is -0.236. The van der Waals surface area contributed by atoms with Crippen LogP contribution in [0.15, 0.2) is 24.3 Å². The van der Waals surface area contributed by atoms with Gasteiger partial charge in [-0.3, -0.25) is 10.1 Å². The molecule has 1 saturated heterocycles. The summed E-state index contributed by atoms with van der Waals surface area (Å²) in [5.41, 5.74) is 0.756. The zero-order valence-corrected chi connectivity index (χ0v) is 12.1. The molecule has 1 fully saturated rings. The van der Waals surface area contributed by atoms with Crippen LogP contribution in [0.3, 0.4) is 0 Å². The lowest BCUT2D eigenvalue weighted by Gasteiger charge is -2.24. The topological polar surface area (TPSA) is 32.3 Å². The molecule has 1 aliphatic heterocycles. The fraction of sp³-hybridized carbons (Fsp3) is 0.500. The van der Waals surface area contributed by atoms with Crippen molar-refractivity contribution in [1.82, 2.24) is 10.2 Å². The van der Waals surface area contributed by atoms with Gasteiger partial charge in [-0.2, -0.15) is 0 Å². The molecule has 3 nitrogen and oxygen atoms in total. The van der Waals surface area contributed by atoms with Crippen molar-refractivity contribution in [3.05, 3.63) is 34.9 Å². The predicted octanol–water partition coefficient (Wildman–Crippen LogP) is 3.06. The summed E-state index contributed by atoms with van der Waals surface area (Å²) in [6.07, 6.45) is -3.08. The van der Waals surface area contributed by atoms with E-state index in [1.54, 1.807) is 24.3 Å². The molecule has 1 N–H and O–H groups in total. The molecule has 2 rings (SSSR count). The molecule has 1 aromatic carbocycles. The Morgan fingerprint density at radius 2 is 1.90 bits per heavy atom. The van der Waals surface area contributed by atoms with E-state index in [0.29, 0.717) is 5.02 Å². The van der Waals surface area contributed by atoms with Crippen LogP contribution in [-0.4, -0.2) is 29.8 Å². The standard InChI is InChI=1S/C14H17ClF2N2O/c1-8(2)12-14(20)19(7-11(16)17)13(18-12)9-3-5-10(15)6-4-9/h3-6,8,11-13,18H,7H2,1-2H3. The molecule has 2 atom stereocenters. The summed E-state index contributed by atoms with van der Waals surface area (Å²) in [6, 6.07) is 6.43. The van der Waals surface area contributed by atoms with Gasteiger partial charge < -0.3 is 4.90 Å². The molecule has 0 saturated carbocycles. The fourth-order valence-corrected chi connectivity index (χ4v) is 2.51. The molecule has 0 radical (unpaired) electrons. The van der Waals surface area contributed by atoms with Crippen molar-refractivity contribution >= 4 is 17.5 Å². The molecule has 1 amide bonds. The van der Waals surface area contributed by atoms with E-state index in [2.05, 4.69) is 5.32 Å². The predicted molar refractivity (Wildman–Crippen MR) is 73.7 cm³/mol. The van der Waals surface area contributed by atoms with Gasteiger partial charge >= 0.3 is 0 Å². The van der Waals surface area contributed by atoms with E-state index in [4.69, 9.17) is 11.6 Å². The Balaban J connectivity index is 2.28. The highest BCUT2D eigenvalue weighted by atomic mass is 35.5. The molecule has 0 aliphatic carbocycles. The minimum absolute atomic E-state index is 0.0416. The maximum atomic E-state index is 12.7. The average molecular weight is 303 g/mol. The lowest BCUT2D eigenvalue weighted by Crippen LogP contribution is -2.36. The van der Waals surface area contributed by atoms with Crippen LogP contribution in [0.25, 0.3) is 0 Å². The lowest BCUT2D eigenvalue weighted by atomic mass is 10.1. The summed E-state index contributed by atoms with van der Waals surface area (Å²) in [7, 11) is 0. The number of alkyl halides is 2. The van der Waals surface area contributed by atoms with Crippen molar-refractivity contribution in [2.24, 2.45) is 5.92 Å². The van der Waals surface area contributed by atoms with Crippen LogP contribution in [0.2, 0.25) is 5.02 Å². The number of rotatable bonds is 4. The Hall–Kier alpha value is -1.20. The normalized spacial score (nSPS) is 23.1. The summed E-state index contributed by atoms with van der Waals surface area (Å²) < 4.78 is 25.4. The van der Waals surface area contributed by atoms with E-state index in [0.717, 1.165) is 5.56 Å². The summed E-state index contributed by atoms with van der Waals surface area (Å²) in [6.45, 7) is 3.21.